The molecule has 2 aliphatic rings. The fourth-order valence-corrected chi connectivity index (χ4v) is 10.5. The van der Waals surface area contributed by atoms with Crippen LogP contribution in [0, 0.1) is 0 Å². The average molecular weight is 729 g/mol. The number of aromatic nitrogens is 4. The minimum atomic E-state index is -0.123. The molecular weight excluding hydrogens is 697 g/mol. The Bertz CT molecular complexity index is 2910. The smallest absolute Gasteiger partial charge is 0.164 e. The summed E-state index contributed by atoms with van der Waals surface area (Å²) in [5.41, 5.74) is 11.6. The summed E-state index contributed by atoms with van der Waals surface area (Å²) in [4.78, 5) is 20.3. The first-order valence-electron chi connectivity index (χ1n) is 18.2. The number of rotatable bonds is 4. The van der Waals surface area contributed by atoms with Crippen LogP contribution >= 0.6 is 23.5 Å². The van der Waals surface area contributed by atoms with Gasteiger partial charge < -0.3 is 4.57 Å². The number of fused-ring (bicyclic) bond motifs is 8. The second kappa shape index (κ2) is 12.0. The Hall–Kier alpha value is -5.95. The van der Waals surface area contributed by atoms with Crippen LogP contribution in [0.25, 0.3) is 72.8 Å². The molecule has 0 saturated heterocycles. The molecule has 2 aromatic heterocycles. The fourth-order valence-electron chi connectivity index (χ4n) is 8.23. The SMILES string of the molecule is CC1(C)c2ccccc2-c2cc3c4cc5c(cc4n(-c4cccc(-c6nc(-c7ccccc7)nc(-c7ccccc7)n6)c4)c3cc21)Sc1ccccc1S5. The third kappa shape index (κ3) is 4.90. The molecule has 4 nitrogen and oxygen atoms in total. The molecule has 1 aliphatic heterocycles. The Morgan fingerprint density at radius 3 is 1.65 bits per heavy atom. The van der Waals surface area contributed by atoms with E-state index in [9.17, 15) is 0 Å². The Morgan fingerprint density at radius 1 is 0.426 bits per heavy atom. The van der Waals surface area contributed by atoms with Gasteiger partial charge in [0.15, 0.2) is 17.5 Å². The molecule has 256 valence electrons. The van der Waals surface area contributed by atoms with Gasteiger partial charge in [0.1, 0.15) is 0 Å². The van der Waals surface area contributed by atoms with E-state index in [2.05, 4.69) is 140 Å². The van der Waals surface area contributed by atoms with E-state index in [1.54, 1.807) is 0 Å². The number of hydrogen-bond donors (Lipinski definition) is 0. The van der Waals surface area contributed by atoms with E-state index in [4.69, 9.17) is 15.0 Å². The Morgan fingerprint density at radius 2 is 0.963 bits per heavy atom. The molecule has 54 heavy (non-hydrogen) atoms. The summed E-state index contributed by atoms with van der Waals surface area (Å²) in [6, 6.07) is 56.4. The van der Waals surface area contributed by atoms with Crippen molar-refractivity contribution < 1.29 is 0 Å². The first-order chi connectivity index (χ1) is 26.5. The van der Waals surface area contributed by atoms with Gasteiger partial charge in [-0.1, -0.05) is 147 Å². The largest absolute Gasteiger partial charge is 0.309 e. The topological polar surface area (TPSA) is 43.6 Å². The third-order valence-electron chi connectivity index (χ3n) is 10.9. The third-order valence-corrected chi connectivity index (χ3v) is 13.4. The zero-order chi connectivity index (χ0) is 36.0. The highest BCUT2D eigenvalue weighted by Gasteiger charge is 2.36. The summed E-state index contributed by atoms with van der Waals surface area (Å²) in [7, 11) is 0. The first-order valence-corrected chi connectivity index (χ1v) is 19.8. The van der Waals surface area contributed by atoms with Crippen LogP contribution in [0.1, 0.15) is 25.0 Å². The second-order valence-electron chi connectivity index (χ2n) is 14.5. The zero-order valence-corrected chi connectivity index (χ0v) is 31.2. The van der Waals surface area contributed by atoms with Crippen LogP contribution in [0.15, 0.2) is 177 Å². The van der Waals surface area contributed by atoms with Crippen LogP contribution in [0.4, 0.5) is 0 Å². The van der Waals surface area contributed by atoms with Gasteiger partial charge in [-0.2, -0.15) is 0 Å². The van der Waals surface area contributed by atoms with E-state index < -0.39 is 0 Å². The maximum atomic E-state index is 5.08. The molecule has 1 aliphatic carbocycles. The molecular formula is C48H32N4S2. The van der Waals surface area contributed by atoms with Crippen molar-refractivity contribution in [3.63, 3.8) is 0 Å². The summed E-state index contributed by atoms with van der Waals surface area (Å²) in [6.45, 7) is 4.71. The molecule has 0 atom stereocenters. The van der Waals surface area contributed by atoms with Gasteiger partial charge in [-0.3, -0.25) is 0 Å². The van der Waals surface area contributed by atoms with Gasteiger partial charge in [0.25, 0.3) is 0 Å². The number of benzene rings is 7. The highest BCUT2D eigenvalue weighted by molar-refractivity contribution is 8.05. The molecule has 0 spiro atoms. The van der Waals surface area contributed by atoms with Crippen molar-refractivity contribution in [2.24, 2.45) is 0 Å². The lowest BCUT2D eigenvalue weighted by molar-refractivity contribution is 0.661. The van der Waals surface area contributed by atoms with Gasteiger partial charge in [-0.25, -0.2) is 15.0 Å². The van der Waals surface area contributed by atoms with Crippen LogP contribution < -0.4 is 0 Å². The lowest BCUT2D eigenvalue weighted by atomic mass is 9.82. The van der Waals surface area contributed by atoms with Crippen molar-refractivity contribution in [1.82, 2.24) is 19.5 Å². The van der Waals surface area contributed by atoms with Crippen molar-refractivity contribution in [3.8, 4) is 51.0 Å². The molecule has 0 amide bonds. The van der Waals surface area contributed by atoms with Gasteiger partial charge in [0.2, 0.25) is 0 Å². The average Bonchev–Trinajstić information content (AvgIpc) is 3.65. The van der Waals surface area contributed by atoms with Crippen molar-refractivity contribution in [1.29, 1.82) is 0 Å². The van der Waals surface area contributed by atoms with E-state index in [1.807, 2.05) is 59.9 Å². The van der Waals surface area contributed by atoms with Crippen LogP contribution in [0.5, 0.6) is 0 Å². The molecule has 0 N–H and O–H groups in total. The lowest BCUT2D eigenvalue weighted by Crippen LogP contribution is -2.14. The molecule has 0 saturated carbocycles. The van der Waals surface area contributed by atoms with Gasteiger partial charge in [-0.05, 0) is 70.8 Å². The molecule has 11 rings (SSSR count). The van der Waals surface area contributed by atoms with Gasteiger partial charge >= 0.3 is 0 Å². The Labute approximate surface area is 322 Å². The predicted molar refractivity (Wildman–Crippen MR) is 223 cm³/mol. The molecule has 0 radical (unpaired) electrons. The van der Waals surface area contributed by atoms with Crippen molar-refractivity contribution in [2.75, 3.05) is 0 Å². The molecule has 0 fully saturated rings. The minimum Gasteiger partial charge on any atom is -0.309 e. The van der Waals surface area contributed by atoms with Crippen LogP contribution in [-0.4, -0.2) is 19.5 Å². The number of nitrogens with zero attached hydrogens (tertiary/aromatic N) is 4. The van der Waals surface area contributed by atoms with E-state index in [-0.39, 0.29) is 5.41 Å². The standard InChI is InChI=1S/C48H32N4S2/c1-48(2)37-21-10-9-20-33(37)34-25-35-36-26-43-44(54-42-23-12-11-22-41(42)53-43)28-40(36)52(39(35)27-38(34)48)32-19-13-18-31(24-32)47-50-45(29-14-5-3-6-15-29)49-46(51-47)30-16-7-4-8-17-30/h3-28H,1-2H3. The van der Waals surface area contributed by atoms with Crippen LogP contribution in [0.3, 0.4) is 0 Å². The van der Waals surface area contributed by atoms with Gasteiger partial charge in [0, 0.05) is 58.1 Å². The maximum Gasteiger partial charge on any atom is 0.164 e. The summed E-state index contributed by atoms with van der Waals surface area (Å²) >= 11 is 3.73. The van der Waals surface area contributed by atoms with Crippen LogP contribution in [-0.2, 0) is 5.41 Å². The highest BCUT2D eigenvalue weighted by Crippen LogP contribution is 2.53. The summed E-state index contributed by atoms with van der Waals surface area (Å²) in [6.07, 6.45) is 0. The van der Waals surface area contributed by atoms with Crippen molar-refractivity contribution >= 4 is 45.3 Å². The fraction of sp³-hybridized carbons (Fsp3) is 0.0625. The molecule has 0 unspecified atom stereocenters. The quantitative estimate of drug-likeness (QED) is 0.180. The maximum absolute atomic E-state index is 5.08. The van der Waals surface area contributed by atoms with E-state index in [1.165, 1.54) is 63.6 Å². The first kappa shape index (κ1) is 31.6. The van der Waals surface area contributed by atoms with Crippen LogP contribution in [0.2, 0.25) is 0 Å². The lowest BCUT2D eigenvalue weighted by Gasteiger charge is -2.21. The Kier molecular flexibility index (Phi) is 7.04. The molecule has 6 heteroatoms. The normalized spacial score (nSPS) is 13.7. The van der Waals surface area contributed by atoms with Gasteiger partial charge in [-0.15, -0.1) is 0 Å². The molecule has 0 bridgehead atoms. The minimum absolute atomic E-state index is 0.123. The van der Waals surface area contributed by atoms with Gasteiger partial charge in [0.05, 0.1) is 11.0 Å². The summed E-state index contributed by atoms with van der Waals surface area (Å²) in [5, 5.41) is 2.51. The van der Waals surface area contributed by atoms with Crippen molar-refractivity contribution in [2.45, 2.75) is 38.8 Å². The molecule has 9 aromatic rings. The highest BCUT2D eigenvalue weighted by atomic mass is 32.2. The Balaban J connectivity index is 1.15. The second-order valence-corrected chi connectivity index (χ2v) is 16.6. The van der Waals surface area contributed by atoms with E-state index in [0.717, 1.165) is 22.4 Å². The van der Waals surface area contributed by atoms with E-state index >= 15 is 0 Å². The van der Waals surface area contributed by atoms with Crippen molar-refractivity contribution in [3.05, 3.63) is 169 Å². The molecule has 7 aromatic carbocycles. The zero-order valence-electron chi connectivity index (χ0n) is 29.6. The monoisotopic (exact) mass is 728 g/mol. The molecule has 3 heterocycles. The summed E-state index contributed by atoms with van der Waals surface area (Å²) in [5.74, 6) is 1.95. The number of hydrogen-bond acceptors (Lipinski definition) is 5. The summed E-state index contributed by atoms with van der Waals surface area (Å²) < 4.78 is 2.46. The van der Waals surface area contributed by atoms with E-state index in [0.29, 0.717) is 17.5 Å². The predicted octanol–water partition coefficient (Wildman–Crippen LogP) is 12.9.